The molecule has 0 spiro atoms. The number of carbonyl (C=O) groups excluding carboxylic acids is 2. The normalized spacial score (nSPS) is 35.2. The zero-order valence-electron chi connectivity index (χ0n) is 11.9. The number of hydrogen-bond acceptors (Lipinski definition) is 3. The van der Waals surface area contributed by atoms with Crippen LogP contribution in [0.2, 0.25) is 0 Å². The molecule has 2 rings (SSSR count). The van der Waals surface area contributed by atoms with Crippen LogP contribution in [0.25, 0.3) is 0 Å². The van der Waals surface area contributed by atoms with Crippen LogP contribution < -0.4 is 0 Å². The van der Waals surface area contributed by atoms with E-state index in [4.69, 9.17) is 0 Å². The molecule has 18 heavy (non-hydrogen) atoms. The van der Waals surface area contributed by atoms with Gasteiger partial charge in [-0.05, 0) is 32.1 Å². The fraction of sp³-hybridized carbons (Fsp3) is 0.857. The summed E-state index contributed by atoms with van der Waals surface area (Å²) in [6.07, 6.45) is 1.54. The zero-order valence-corrected chi connectivity index (χ0v) is 11.9. The van der Waals surface area contributed by atoms with Crippen LogP contribution in [0.3, 0.4) is 0 Å². The minimum absolute atomic E-state index is 0.0901. The fourth-order valence-electron chi connectivity index (χ4n) is 3.44. The largest absolute Gasteiger partial charge is 0.389 e. The monoisotopic (exact) mass is 253 g/mol. The van der Waals surface area contributed by atoms with Crippen molar-refractivity contribution in [3.63, 3.8) is 0 Å². The van der Waals surface area contributed by atoms with Crippen molar-refractivity contribution in [1.29, 1.82) is 0 Å². The molecule has 0 aromatic carbocycles. The van der Waals surface area contributed by atoms with Crippen molar-refractivity contribution in [2.24, 2.45) is 16.7 Å². The lowest BCUT2D eigenvalue weighted by molar-refractivity contribution is -0.171. The highest BCUT2D eigenvalue weighted by molar-refractivity contribution is 6.03. The zero-order chi connectivity index (χ0) is 13.9. The summed E-state index contributed by atoms with van der Waals surface area (Å²) in [6, 6.07) is 0. The quantitative estimate of drug-likeness (QED) is 0.760. The summed E-state index contributed by atoms with van der Waals surface area (Å²) >= 11 is 0. The predicted octanol–water partition coefficient (Wildman–Crippen LogP) is 1.57. The Morgan fingerprint density at radius 3 is 2.39 bits per heavy atom. The van der Waals surface area contributed by atoms with Gasteiger partial charge in [-0.2, -0.15) is 0 Å². The Labute approximate surface area is 108 Å². The van der Waals surface area contributed by atoms with Crippen molar-refractivity contribution < 1.29 is 14.7 Å². The number of piperidine rings is 1. The van der Waals surface area contributed by atoms with E-state index in [2.05, 4.69) is 0 Å². The molecule has 2 aliphatic rings. The maximum Gasteiger partial charge on any atom is 0.235 e. The minimum Gasteiger partial charge on any atom is -0.389 e. The van der Waals surface area contributed by atoms with E-state index in [1.807, 2.05) is 20.8 Å². The molecular weight excluding hydrogens is 230 g/mol. The number of carbonyl (C=O) groups is 2. The van der Waals surface area contributed by atoms with Crippen LogP contribution >= 0.6 is 0 Å². The minimum atomic E-state index is -1.04. The van der Waals surface area contributed by atoms with Crippen LogP contribution in [0.5, 0.6) is 0 Å². The van der Waals surface area contributed by atoms with Gasteiger partial charge < -0.3 is 5.11 Å². The molecule has 0 aromatic rings. The molecule has 0 radical (unpaired) electrons. The van der Waals surface area contributed by atoms with Gasteiger partial charge in [0, 0.05) is 5.92 Å². The molecule has 2 fully saturated rings. The van der Waals surface area contributed by atoms with Crippen LogP contribution in [0, 0.1) is 16.7 Å². The molecule has 0 aromatic heterocycles. The maximum absolute atomic E-state index is 12.6. The third kappa shape index (κ3) is 1.62. The average Bonchev–Trinajstić information content (AvgIpc) is 2.39. The Morgan fingerprint density at radius 1 is 1.33 bits per heavy atom. The van der Waals surface area contributed by atoms with E-state index < -0.39 is 11.0 Å². The summed E-state index contributed by atoms with van der Waals surface area (Å²) in [5, 5.41) is 9.87. The molecule has 1 heterocycles. The molecule has 2 bridgehead atoms. The van der Waals surface area contributed by atoms with E-state index in [-0.39, 0.29) is 29.7 Å². The number of rotatable bonds is 2. The van der Waals surface area contributed by atoms with Gasteiger partial charge in [-0.3, -0.25) is 14.5 Å². The van der Waals surface area contributed by atoms with Crippen LogP contribution in [0.15, 0.2) is 0 Å². The third-order valence-corrected chi connectivity index (χ3v) is 5.05. The molecule has 1 N–H and O–H groups in total. The number of likely N-dealkylation sites (tertiary alicyclic amines) is 1. The lowest BCUT2D eigenvalue weighted by atomic mass is 9.62. The molecule has 4 heteroatoms. The maximum atomic E-state index is 12.6. The number of nitrogens with zero attached hydrogens (tertiary/aromatic N) is 1. The van der Waals surface area contributed by atoms with Crippen LogP contribution in [0.4, 0.5) is 0 Å². The Balaban J connectivity index is 2.39. The first kappa shape index (κ1) is 13.5. The Hall–Kier alpha value is -0.900. The van der Waals surface area contributed by atoms with E-state index >= 15 is 0 Å². The van der Waals surface area contributed by atoms with Crippen molar-refractivity contribution in [3.8, 4) is 0 Å². The molecule has 2 unspecified atom stereocenters. The summed E-state index contributed by atoms with van der Waals surface area (Å²) in [5.74, 6) is -0.321. The number of fused-ring (bicyclic) bond motifs is 2. The average molecular weight is 253 g/mol. The summed E-state index contributed by atoms with van der Waals surface area (Å²) < 4.78 is 0. The topological polar surface area (TPSA) is 57.6 Å². The summed E-state index contributed by atoms with van der Waals surface area (Å²) in [7, 11) is 0. The SMILES string of the molecule is CC(C)(O)CN1C(=O)C2CCC(C)(C1=O)C2(C)C. The first-order valence-corrected chi connectivity index (χ1v) is 6.59. The molecule has 2 atom stereocenters. The molecular formula is C14H23NO3. The van der Waals surface area contributed by atoms with Crippen molar-refractivity contribution in [2.45, 2.75) is 53.1 Å². The molecule has 2 amide bonds. The molecule has 1 saturated heterocycles. The lowest BCUT2D eigenvalue weighted by Crippen LogP contribution is -2.61. The third-order valence-electron chi connectivity index (χ3n) is 5.05. The Bertz CT molecular complexity index is 408. The van der Waals surface area contributed by atoms with Crippen molar-refractivity contribution in [1.82, 2.24) is 4.90 Å². The fourth-order valence-corrected chi connectivity index (χ4v) is 3.44. The van der Waals surface area contributed by atoms with E-state index in [0.717, 1.165) is 12.8 Å². The van der Waals surface area contributed by atoms with Crippen LogP contribution in [-0.2, 0) is 9.59 Å². The number of amides is 2. The summed E-state index contributed by atoms with van der Waals surface area (Å²) in [4.78, 5) is 26.3. The second-order valence-corrected chi connectivity index (χ2v) is 7.19. The van der Waals surface area contributed by atoms with E-state index in [1.54, 1.807) is 13.8 Å². The number of imide groups is 1. The van der Waals surface area contributed by atoms with Gasteiger partial charge in [0.1, 0.15) is 0 Å². The van der Waals surface area contributed by atoms with E-state index in [0.29, 0.717) is 0 Å². The molecule has 102 valence electrons. The highest BCUT2D eigenvalue weighted by Crippen LogP contribution is 2.60. The second kappa shape index (κ2) is 3.56. The standard InChI is InChI=1S/C14H23NO3/c1-12(2,18)8-15-10(16)9-6-7-14(5,11(15)17)13(9,3)4/h9,18H,6-8H2,1-5H3. The lowest BCUT2D eigenvalue weighted by Gasteiger charge is -2.48. The van der Waals surface area contributed by atoms with Crippen molar-refractivity contribution >= 4 is 11.8 Å². The van der Waals surface area contributed by atoms with E-state index in [1.165, 1.54) is 4.90 Å². The Morgan fingerprint density at radius 2 is 1.89 bits per heavy atom. The smallest absolute Gasteiger partial charge is 0.235 e. The van der Waals surface area contributed by atoms with Gasteiger partial charge in [-0.1, -0.05) is 20.8 Å². The molecule has 1 aliphatic heterocycles. The van der Waals surface area contributed by atoms with Crippen LogP contribution in [0.1, 0.15) is 47.5 Å². The number of aliphatic hydroxyl groups is 1. The summed E-state index contributed by atoms with van der Waals surface area (Å²) in [5.41, 5.74) is -1.79. The molecule has 1 saturated carbocycles. The van der Waals surface area contributed by atoms with Gasteiger partial charge in [0.25, 0.3) is 0 Å². The second-order valence-electron chi connectivity index (χ2n) is 7.19. The van der Waals surface area contributed by atoms with Crippen LogP contribution in [-0.4, -0.2) is 34.0 Å². The predicted molar refractivity (Wildman–Crippen MR) is 67.6 cm³/mol. The molecule has 4 nitrogen and oxygen atoms in total. The van der Waals surface area contributed by atoms with E-state index in [9.17, 15) is 14.7 Å². The Kier molecular flexibility index (Phi) is 2.68. The van der Waals surface area contributed by atoms with Gasteiger partial charge in [0.05, 0.1) is 17.6 Å². The summed E-state index contributed by atoms with van der Waals surface area (Å²) in [6.45, 7) is 9.32. The van der Waals surface area contributed by atoms with Crippen molar-refractivity contribution in [3.05, 3.63) is 0 Å². The highest BCUT2D eigenvalue weighted by atomic mass is 16.3. The van der Waals surface area contributed by atoms with Gasteiger partial charge in [-0.25, -0.2) is 0 Å². The first-order valence-electron chi connectivity index (χ1n) is 6.59. The van der Waals surface area contributed by atoms with Crippen molar-refractivity contribution in [2.75, 3.05) is 6.54 Å². The van der Waals surface area contributed by atoms with Gasteiger partial charge in [-0.15, -0.1) is 0 Å². The van der Waals surface area contributed by atoms with Gasteiger partial charge in [0.15, 0.2) is 0 Å². The number of β-amino-alcohol motifs (C(OH)–C–C–N with tert-alkyl or cyclic N) is 1. The highest BCUT2D eigenvalue weighted by Gasteiger charge is 2.64. The first-order chi connectivity index (χ1) is 8.01. The van der Waals surface area contributed by atoms with Gasteiger partial charge >= 0.3 is 0 Å². The number of hydrogen-bond donors (Lipinski definition) is 1. The van der Waals surface area contributed by atoms with Gasteiger partial charge in [0.2, 0.25) is 11.8 Å². The molecule has 1 aliphatic carbocycles.